The van der Waals surface area contributed by atoms with Crippen LogP contribution in [0.5, 0.6) is 0 Å². The number of carbonyl (C=O) groups excluding carboxylic acids is 2. The summed E-state index contributed by atoms with van der Waals surface area (Å²) in [5.74, 6) is -0.213. The van der Waals surface area contributed by atoms with Crippen LogP contribution < -0.4 is 5.32 Å². The van der Waals surface area contributed by atoms with E-state index in [1.165, 1.54) is 50.7 Å². The highest BCUT2D eigenvalue weighted by Crippen LogP contribution is 2.45. The zero-order chi connectivity index (χ0) is 29.9. The molecule has 2 heterocycles. The normalized spacial score (nSPS) is 19.7. The van der Waals surface area contributed by atoms with Crippen LogP contribution >= 0.6 is 0 Å². The van der Waals surface area contributed by atoms with Crippen LogP contribution in [0.25, 0.3) is 0 Å². The molecule has 0 bridgehead atoms. The molecule has 0 spiro atoms. The summed E-state index contributed by atoms with van der Waals surface area (Å²) in [7, 11) is -0.477. The number of benzene rings is 1. The number of carbonyl (C=O) groups is 2. The molecule has 2 aromatic rings. The third kappa shape index (κ3) is 9.74. The van der Waals surface area contributed by atoms with Crippen molar-refractivity contribution in [3.8, 4) is 0 Å². The molecule has 3 rings (SSSR count). The van der Waals surface area contributed by atoms with Gasteiger partial charge in [0.25, 0.3) is 5.91 Å². The Kier molecular flexibility index (Phi) is 12.5. The van der Waals surface area contributed by atoms with Crippen molar-refractivity contribution < 1.29 is 18.9 Å². The SMILES string of the molecule is CCCCCCCCC1(C)OB([C@@H](CC(=O)[C@H](Cc2ccccc2)NC(=O)c2cnccn2)CC(C)C)OC1(C)C. The molecule has 1 aromatic heterocycles. The van der Waals surface area contributed by atoms with E-state index in [0.717, 1.165) is 24.8 Å². The van der Waals surface area contributed by atoms with E-state index in [1.807, 2.05) is 30.3 Å². The Hall–Kier alpha value is -2.58. The van der Waals surface area contributed by atoms with Crippen molar-refractivity contribution in [1.29, 1.82) is 0 Å². The summed E-state index contributed by atoms with van der Waals surface area (Å²) in [5, 5.41) is 2.94. The fourth-order valence-electron chi connectivity index (χ4n) is 5.67. The first-order chi connectivity index (χ1) is 19.5. The van der Waals surface area contributed by atoms with Gasteiger partial charge >= 0.3 is 7.12 Å². The van der Waals surface area contributed by atoms with E-state index in [4.69, 9.17) is 9.31 Å². The summed E-state index contributed by atoms with van der Waals surface area (Å²) < 4.78 is 13.3. The Balaban J connectivity index is 1.74. The van der Waals surface area contributed by atoms with Gasteiger partial charge in [0.15, 0.2) is 5.78 Å². The average molecular weight is 564 g/mol. The quantitative estimate of drug-likeness (QED) is 0.164. The molecule has 1 aliphatic heterocycles. The van der Waals surface area contributed by atoms with E-state index < -0.39 is 30.3 Å². The molecule has 0 saturated carbocycles. The van der Waals surface area contributed by atoms with Crippen LogP contribution in [0.15, 0.2) is 48.9 Å². The van der Waals surface area contributed by atoms with Crippen LogP contribution in [0.4, 0.5) is 0 Å². The van der Waals surface area contributed by atoms with Crippen molar-refractivity contribution >= 4 is 18.8 Å². The molecule has 8 heteroatoms. The minimum atomic E-state index is -0.703. The average Bonchev–Trinajstić information content (AvgIpc) is 3.18. The van der Waals surface area contributed by atoms with Crippen LogP contribution in [0.2, 0.25) is 5.82 Å². The standard InChI is InChI=1S/C33H50BN3O4/c1-7-8-9-10-11-15-18-33(6)32(4,5)40-34(41-33)27(21-25(2)3)23-30(38)28(22-26-16-13-12-14-17-26)37-31(39)29-24-35-19-20-36-29/h12-14,16-17,19-20,24-25,27-28H,7-11,15,18,21-23H2,1-6H3,(H,37,39)/t27-,28+,33?/m1/s1. The van der Waals surface area contributed by atoms with Gasteiger partial charge in [0, 0.05) is 24.6 Å². The van der Waals surface area contributed by atoms with Crippen molar-refractivity contribution in [2.45, 2.75) is 129 Å². The smallest absolute Gasteiger partial charge is 0.403 e. The number of aromatic nitrogens is 2. The number of nitrogens with zero attached hydrogens (tertiary/aromatic N) is 2. The first kappa shape index (κ1) is 32.9. The van der Waals surface area contributed by atoms with E-state index in [9.17, 15) is 9.59 Å². The first-order valence-corrected chi connectivity index (χ1v) is 15.5. The van der Waals surface area contributed by atoms with Gasteiger partial charge < -0.3 is 14.6 Å². The summed E-state index contributed by atoms with van der Waals surface area (Å²) in [6.45, 7) is 12.9. The molecule has 7 nitrogen and oxygen atoms in total. The molecule has 1 aromatic carbocycles. The number of Topliss-reactive ketones (excluding diaryl/α,β-unsaturated/α-hetero) is 1. The first-order valence-electron chi connectivity index (χ1n) is 15.5. The van der Waals surface area contributed by atoms with Crippen LogP contribution in [0.1, 0.15) is 115 Å². The summed E-state index contributed by atoms with van der Waals surface area (Å²) in [4.78, 5) is 35.0. The Morgan fingerprint density at radius 1 is 0.976 bits per heavy atom. The van der Waals surface area contributed by atoms with Gasteiger partial charge in [-0.3, -0.25) is 14.6 Å². The fourth-order valence-corrected chi connectivity index (χ4v) is 5.67. The van der Waals surface area contributed by atoms with E-state index >= 15 is 0 Å². The molecule has 1 N–H and O–H groups in total. The number of nitrogens with one attached hydrogen (secondary N) is 1. The number of rotatable bonds is 17. The van der Waals surface area contributed by atoms with E-state index in [0.29, 0.717) is 12.3 Å². The van der Waals surface area contributed by atoms with Crippen molar-refractivity contribution in [3.05, 3.63) is 60.2 Å². The van der Waals surface area contributed by atoms with E-state index in [-0.39, 0.29) is 23.7 Å². The van der Waals surface area contributed by atoms with Crippen molar-refractivity contribution in [2.75, 3.05) is 0 Å². The third-order valence-corrected chi connectivity index (χ3v) is 8.46. The molecular weight excluding hydrogens is 513 g/mol. The second-order valence-electron chi connectivity index (χ2n) is 12.7. The lowest BCUT2D eigenvalue weighted by Gasteiger charge is -2.36. The predicted octanol–water partition coefficient (Wildman–Crippen LogP) is 7.02. The van der Waals surface area contributed by atoms with Crippen LogP contribution in [-0.4, -0.2) is 46.0 Å². The molecular formula is C33H50BN3O4. The maximum Gasteiger partial charge on any atom is 0.461 e. The molecule has 0 radical (unpaired) electrons. The molecule has 1 aliphatic rings. The molecule has 1 fully saturated rings. The predicted molar refractivity (Wildman–Crippen MR) is 165 cm³/mol. The van der Waals surface area contributed by atoms with E-state index in [2.05, 4.69) is 56.8 Å². The number of amides is 1. The minimum absolute atomic E-state index is 0.0359. The third-order valence-electron chi connectivity index (χ3n) is 8.46. The zero-order valence-electron chi connectivity index (χ0n) is 26.0. The van der Waals surface area contributed by atoms with Gasteiger partial charge in [-0.25, -0.2) is 4.98 Å². The molecule has 0 aliphatic carbocycles. The molecule has 224 valence electrons. The van der Waals surface area contributed by atoms with Gasteiger partial charge in [-0.2, -0.15) is 0 Å². The summed E-state index contributed by atoms with van der Waals surface area (Å²) >= 11 is 0. The van der Waals surface area contributed by atoms with Gasteiger partial charge in [0.05, 0.1) is 23.4 Å². The largest absolute Gasteiger partial charge is 0.461 e. The van der Waals surface area contributed by atoms with Gasteiger partial charge in [-0.15, -0.1) is 0 Å². The monoisotopic (exact) mass is 563 g/mol. The Morgan fingerprint density at radius 3 is 2.34 bits per heavy atom. The van der Waals surface area contributed by atoms with Crippen molar-refractivity contribution in [3.63, 3.8) is 0 Å². The topological polar surface area (TPSA) is 90.4 Å². The highest BCUT2D eigenvalue weighted by molar-refractivity contribution is 6.48. The van der Waals surface area contributed by atoms with Gasteiger partial charge in [-0.05, 0) is 51.5 Å². The number of ketones is 1. The Labute approximate surface area is 247 Å². The van der Waals surface area contributed by atoms with Crippen LogP contribution in [0.3, 0.4) is 0 Å². The number of hydrogen-bond donors (Lipinski definition) is 1. The maximum atomic E-state index is 13.9. The maximum absolute atomic E-state index is 13.9. The lowest BCUT2D eigenvalue weighted by atomic mass is 9.65. The lowest BCUT2D eigenvalue weighted by Crippen LogP contribution is -2.44. The van der Waals surface area contributed by atoms with Crippen molar-refractivity contribution in [1.82, 2.24) is 15.3 Å². The van der Waals surface area contributed by atoms with Crippen LogP contribution in [-0.2, 0) is 20.5 Å². The van der Waals surface area contributed by atoms with Gasteiger partial charge in [0.2, 0.25) is 0 Å². The molecule has 1 saturated heterocycles. The summed E-state index contributed by atoms with van der Waals surface area (Å²) in [6, 6.07) is 9.06. The summed E-state index contributed by atoms with van der Waals surface area (Å²) in [6.07, 6.45) is 14.1. The lowest BCUT2D eigenvalue weighted by molar-refractivity contribution is -0.121. The summed E-state index contributed by atoms with van der Waals surface area (Å²) in [5.41, 5.74) is 0.270. The molecule has 3 atom stereocenters. The molecule has 1 unspecified atom stereocenters. The van der Waals surface area contributed by atoms with Crippen LogP contribution in [0, 0.1) is 5.92 Å². The second-order valence-corrected chi connectivity index (χ2v) is 12.7. The fraction of sp³-hybridized carbons (Fsp3) is 0.636. The highest BCUT2D eigenvalue weighted by Gasteiger charge is 2.56. The number of hydrogen-bond acceptors (Lipinski definition) is 6. The Morgan fingerprint density at radius 2 is 1.68 bits per heavy atom. The van der Waals surface area contributed by atoms with Gasteiger partial charge in [0.1, 0.15) is 5.69 Å². The molecule has 1 amide bonds. The Bertz CT molecular complexity index is 1080. The molecule has 41 heavy (non-hydrogen) atoms. The van der Waals surface area contributed by atoms with Gasteiger partial charge in [-0.1, -0.05) is 89.6 Å². The zero-order valence-corrected chi connectivity index (χ0v) is 26.0. The second kappa shape index (κ2) is 15.6. The number of unbranched alkanes of at least 4 members (excludes halogenated alkanes) is 5. The highest BCUT2D eigenvalue weighted by atomic mass is 16.7. The minimum Gasteiger partial charge on any atom is -0.403 e. The van der Waals surface area contributed by atoms with E-state index in [1.54, 1.807) is 0 Å². The van der Waals surface area contributed by atoms with Crippen molar-refractivity contribution in [2.24, 2.45) is 5.92 Å².